The molecule has 0 aliphatic rings. The maximum Gasteiger partial charge on any atom is 0.262 e. The van der Waals surface area contributed by atoms with Crippen LogP contribution in [0.1, 0.15) is 5.56 Å². The van der Waals surface area contributed by atoms with Gasteiger partial charge in [-0.15, -0.1) is 0 Å². The topological polar surface area (TPSA) is 55.2 Å². The van der Waals surface area contributed by atoms with Gasteiger partial charge in [-0.3, -0.25) is 0 Å². The van der Waals surface area contributed by atoms with E-state index in [1.54, 1.807) is 18.7 Å². The summed E-state index contributed by atoms with van der Waals surface area (Å²) < 4.78 is 28.4. The van der Waals surface area contributed by atoms with Gasteiger partial charge in [-0.25, -0.2) is 13.4 Å². The van der Waals surface area contributed by atoms with E-state index in [0.717, 1.165) is 10.0 Å². The molecule has 0 amide bonds. The minimum atomic E-state index is -3.54. The third kappa shape index (κ3) is 3.23. The number of imidazole rings is 1. The molecule has 1 heterocycles. The predicted molar refractivity (Wildman–Crippen MR) is 76.0 cm³/mol. The van der Waals surface area contributed by atoms with E-state index in [2.05, 4.69) is 20.9 Å². The van der Waals surface area contributed by atoms with Gasteiger partial charge in [-0.1, -0.05) is 28.1 Å². The smallest absolute Gasteiger partial charge is 0.262 e. The van der Waals surface area contributed by atoms with Gasteiger partial charge in [-0.05, 0) is 17.7 Å². The van der Waals surface area contributed by atoms with Gasteiger partial charge < -0.3 is 4.57 Å². The summed E-state index contributed by atoms with van der Waals surface area (Å²) >= 11 is 3.35. The Bertz CT molecular complexity index is 665. The van der Waals surface area contributed by atoms with E-state index in [1.807, 2.05) is 24.3 Å². The average Bonchev–Trinajstić information content (AvgIpc) is 2.79. The SMILES string of the molecule is CN(Cc1ccc(Br)cc1)S(=O)(=O)c1cn(C)cn1. The number of hydrogen-bond donors (Lipinski definition) is 0. The van der Waals surface area contributed by atoms with Crippen molar-refractivity contribution in [2.45, 2.75) is 11.6 Å². The number of benzene rings is 1. The molecule has 5 nitrogen and oxygen atoms in total. The normalized spacial score (nSPS) is 12.0. The molecule has 1 aromatic carbocycles. The summed E-state index contributed by atoms with van der Waals surface area (Å²) in [5, 5.41) is 0.0645. The van der Waals surface area contributed by atoms with Crippen molar-refractivity contribution in [2.75, 3.05) is 7.05 Å². The fraction of sp³-hybridized carbons (Fsp3) is 0.250. The highest BCUT2D eigenvalue weighted by atomic mass is 79.9. The van der Waals surface area contributed by atoms with Gasteiger partial charge in [0, 0.05) is 31.3 Å². The molecule has 0 aliphatic carbocycles. The molecule has 0 unspecified atom stereocenters. The highest BCUT2D eigenvalue weighted by Crippen LogP contribution is 2.16. The summed E-state index contributed by atoms with van der Waals surface area (Å²) in [6.07, 6.45) is 2.97. The molecule has 2 aromatic rings. The largest absolute Gasteiger partial charge is 0.339 e. The molecule has 0 fully saturated rings. The van der Waals surface area contributed by atoms with Crippen molar-refractivity contribution in [3.05, 3.63) is 46.8 Å². The van der Waals surface area contributed by atoms with E-state index in [-0.39, 0.29) is 5.03 Å². The van der Waals surface area contributed by atoms with E-state index >= 15 is 0 Å². The zero-order valence-corrected chi connectivity index (χ0v) is 13.0. The summed E-state index contributed by atoms with van der Waals surface area (Å²) in [7, 11) is -0.252. The average molecular weight is 344 g/mol. The molecule has 0 atom stereocenters. The molecule has 0 N–H and O–H groups in total. The van der Waals surface area contributed by atoms with Crippen LogP contribution >= 0.6 is 15.9 Å². The Labute approximate surface area is 121 Å². The molecular weight excluding hydrogens is 330 g/mol. The highest BCUT2D eigenvalue weighted by molar-refractivity contribution is 9.10. The maximum atomic E-state index is 12.3. The van der Waals surface area contributed by atoms with Crippen LogP contribution in [0.3, 0.4) is 0 Å². The summed E-state index contributed by atoms with van der Waals surface area (Å²) in [6, 6.07) is 7.54. The number of hydrogen-bond acceptors (Lipinski definition) is 3. The van der Waals surface area contributed by atoms with Gasteiger partial charge in [0.15, 0.2) is 5.03 Å². The second-order valence-electron chi connectivity index (χ2n) is 4.26. The molecule has 0 aliphatic heterocycles. The number of rotatable bonds is 4. The maximum absolute atomic E-state index is 12.3. The Morgan fingerprint density at radius 1 is 1.32 bits per heavy atom. The molecule has 0 radical (unpaired) electrons. The second-order valence-corrected chi connectivity index (χ2v) is 7.17. The van der Waals surface area contributed by atoms with E-state index in [1.165, 1.54) is 16.8 Å². The van der Waals surface area contributed by atoms with Crippen LogP contribution in [0.4, 0.5) is 0 Å². The zero-order valence-electron chi connectivity index (χ0n) is 10.6. The zero-order chi connectivity index (χ0) is 14.0. The molecule has 0 saturated heterocycles. The van der Waals surface area contributed by atoms with Crippen LogP contribution in [0.15, 0.2) is 46.3 Å². The van der Waals surface area contributed by atoms with E-state index in [9.17, 15) is 8.42 Å². The van der Waals surface area contributed by atoms with E-state index < -0.39 is 10.0 Å². The first-order chi connectivity index (χ1) is 8.89. The minimum absolute atomic E-state index is 0.0645. The fourth-order valence-electron chi connectivity index (χ4n) is 1.61. The summed E-state index contributed by atoms with van der Waals surface area (Å²) in [6.45, 7) is 0.312. The van der Waals surface area contributed by atoms with Crippen LogP contribution in [0, 0.1) is 0 Å². The van der Waals surface area contributed by atoms with Crippen LogP contribution in [0.25, 0.3) is 0 Å². The lowest BCUT2D eigenvalue weighted by molar-refractivity contribution is 0.464. The Balaban J connectivity index is 2.19. The van der Waals surface area contributed by atoms with Crippen LogP contribution in [-0.4, -0.2) is 29.3 Å². The number of sulfonamides is 1. The molecule has 2 rings (SSSR count). The number of aromatic nitrogens is 2. The predicted octanol–water partition coefficient (Wildman–Crippen LogP) is 2.00. The van der Waals surface area contributed by atoms with Crippen molar-refractivity contribution in [2.24, 2.45) is 7.05 Å². The lowest BCUT2D eigenvalue weighted by atomic mass is 10.2. The van der Waals surface area contributed by atoms with Gasteiger partial charge in [0.2, 0.25) is 0 Å². The quantitative estimate of drug-likeness (QED) is 0.853. The van der Waals surface area contributed by atoms with Crippen molar-refractivity contribution in [1.82, 2.24) is 13.9 Å². The fourth-order valence-corrected chi connectivity index (χ4v) is 3.00. The van der Waals surface area contributed by atoms with Crippen molar-refractivity contribution >= 4 is 26.0 Å². The van der Waals surface area contributed by atoms with Crippen molar-refractivity contribution in [3.63, 3.8) is 0 Å². The van der Waals surface area contributed by atoms with Crippen molar-refractivity contribution < 1.29 is 8.42 Å². The molecular formula is C12H14BrN3O2S. The summed E-state index contributed by atoms with van der Waals surface area (Å²) in [5.74, 6) is 0. The first kappa shape index (κ1) is 14.2. The molecule has 0 saturated carbocycles. The standard InChI is InChI=1S/C12H14BrN3O2S/c1-15-8-12(14-9-15)19(17,18)16(2)7-10-3-5-11(13)6-4-10/h3-6,8-9H,7H2,1-2H3. The van der Waals surface area contributed by atoms with Crippen LogP contribution < -0.4 is 0 Å². The molecule has 0 bridgehead atoms. The van der Waals surface area contributed by atoms with Crippen molar-refractivity contribution in [3.8, 4) is 0 Å². The lowest BCUT2D eigenvalue weighted by Crippen LogP contribution is -2.26. The first-order valence-electron chi connectivity index (χ1n) is 5.58. The number of halogens is 1. The van der Waals surface area contributed by atoms with Gasteiger partial charge in [-0.2, -0.15) is 4.31 Å². The van der Waals surface area contributed by atoms with Gasteiger partial charge in [0.1, 0.15) is 0 Å². The van der Waals surface area contributed by atoms with Gasteiger partial charge in [0.05, 0.1) is 6.33 Å². The molecule has 19 heavy (non-hydrogen) atoms. The second kappa shape index (κ2) is 5.44. The monoisotopic (exact) mass is 343 g/mol. The Kier molecular flexibility index (Phi) is 4.07. The molecule has 1 aromatic heterocycles. The summed E-state index contributed by atoms with van der Waals surface area (Å²) in [4.78, 5) is 3.89. The van der Waals surface area contributed by atoms with Gasteiger partial charge in [0.25, 0.3) is 10.0 Å². The first-order valence-corrected chi connectivity index (χ1v) is 7.81. The highest BCUT2D eigenvalue weighted by Gasteiger charge is 2.23. The number of aryl methyl sites for hydroxylation is 1. The molecule has 102 valence electrons. The third-order valence-electron chi connectivity index (χ3n) is 2.67. The summed E-state index contributed by atoms with van der Waals surface area (Å²) in [5.41, 5.74) is 0.921. The Morgan fingerprint density at radius 2 is 1.95 bits per heavy atom. The molecule has 7 heteroatoms. The molecule has 0 spiro atoms. The van der Waals surface area contributed by atoms with E-state index in [0.29, 0.717) is 6.54 Å². The van der Waals surface area contributed by atoms with Crippen LogP contribution in [0.5, 0.6) is 0 Å². The van der Waals surface area contributed by atoms with Crippen LogP contribution in [0.2, 0.25) is 0 Å². The minimum Gasteiger partial charge on any atom is -0.339 e. The Hall–Kier alpha value is -1.18. The van der Waals surface area contributed by atoms with E-state index in [4.69, 9.17) is 0 Å². The van der Waals surface area contributed by atoms with Crippen LogP contribution in [-0.2, 0) is 23.6 Å². The third-order valence-corrected chi connectivity index (χ3v) is 4.89. The van der Waals surface area contributed by atoms with Gasteiger partial charge >= 0.3 is 0 Å². The number of nitrogens with zero attached hydrogens (tertiary/aromatic N) is 3. The Morgan fingerprint density at radius 3 is 2.47 bits per heavy atom. The lowest BCUT2D eigenvalue weighted by Gasteiger charge is -2.15. The van der Waals surface area contributed by atoms with Crippen molar-refractivity contribution in [1.29, 1.82) is 0 Å².